The summed E-state index contributed by atoms with van der Waals surface area (Å²) in [4.78, 5) is 15.3. The molecule has 0 spiro atoms. The molecule has 0 aliphatic heterocycles. The summed E-state index contributed by atoms with van der Waals surface area (Å²) in [6.45, 7) is 5.75. The van der Waals surface area contributed by atoms with Gasteiger partial charge in [-0.15, -0.1) is 11.3 Å². The van der Waals surface area contributed by atoms with E-state index in [-0.39, 0.29) is 5.91 Å². The van der Waals surface area contributed by atoms with E-state index in [1.54, 1.807) is 11.3 Å². The van der Waals surface area contributed by atoms with Crippen LogP contribution in [0.4, 0.5) is 0 Å². The van der Waals surface area contributed by atoms with Crippen molar-refractivity contribution in [1.82, 2.24) is 4.90 Å². The van der Waals surface area contributed by atoms with Gasteiger partial charge in [0, 0.05) is 18.3 Å². The molecule has 1 aromatic rings. The monoisotopic (exact) mass is 296 g/mol. The Morgan fingerprint density at radius 1 is 1.40 bits per heavy atom. The first-order valence-electron chi connectivity index (χ1n) is 7.55. The smallest absolute Gasteiger partial charge is 0.222 e. The lowest BCUT2D eigenvalue weighted by atomic mass is 9.94. The number of aryl methyl sites for hydroxylation is 1. The predicted molar refractivity (Wildman–Crippen MR) is 86.8 cm³/mol. The number of amides is 1. The van der Waals surface area contributed by atoms with Crippen molar-refractivity contribution in [1.29, 1.82) is 0 Å². The van der Waals surface area contributed by atoms with Crippen LogP contribution in [0.15, 0.2) is 11.4 Å². The highest BCUT2D eigenvalue weighted by atomic mass is 32.1. The van der Waals surface area contributed by atoms with Crippen LogP contribution >= 0.6 is 11.3 Å². The molecule has 1 atom stereocenters. The van der Waals surface area contributed by atoms with Crippen molar-refractivity contribution in [2.24, 2.45) is 11.7 Å². The molecule has 0 fully saturated rings. The molecule has 0 aliphatic rings. The number of nitrogens with two attached hydrogens (primary N) is 1. The van der Waals surface area contributed by atoms with Crippen molar-refractivity contribution in [2.45, 2.75) is 52.5 Å². The van der Waals surface area contributed by atoms with Gasteiger partial charge in [0.05, 0.1) is 6.54 Å². The Kier molecular flexibility index (Phi) is 7.85. The van der Waals surface area contributed by atoms with Crippen molar-refractivity contribution < 1.29 is 4.79 Å². The molecule has 20 heavy (non-hydrogen) atoms. The second kappa shape index (κ2) is 9.14. The summed E-state index contributed by atoms with van der Waals surface area (Å²) in [6, 6.07) is 2.11. The number of hydrogen-bond acceptors (Lipinski definition) is 3. The van der Waals surface area contributed by atoms with Crippen LogP contribution in [-0.4, -0.2) is 24.4 Å². The molecular weight excluding hydrogens is 268 g/mol. The van der Waals surface area contributed by atoms with E-state index in [1.807, 2.05) is 11.9 Å². The van der Waals surface area contributed by atoms with Crippen LogP contribution in [-0.2, 0) is 11.3 Å². The highest BCUT2D eigenvalue weighted by Gasteiger charge is 2.14. The molecule has 2 N–H and O–H groups in total. The first-order valence-corrected chi connectivity index (χ1v) is 8.43. The molecule has 3 nitrogen and oxygen atoms in total. The van der Waals surface area contributed by atoms with Crippen molar-refractivity contribution in [3.63, 3.8) is 0 Å². The first-order chi connectivity index (χ1) is 9.58. The van der Waals surface area contributed by atoms with Crippen molar-refractivity contribution in [3.05, 3.63) is 21.9 Å². The SMILES string of the molecule is CCCC(CCN)CCC(=O)N(C)Cc1sccc1C. The Hall–Kier alpha value is -0.870. The van der Waals surface area contributed by atoms with Crippen LogP contribution in [0.1, 0.15) is 49.5 Å². The molecule has 0 bridgehead atoms. The molecule has 0 radical (unpaired) electrons. The lowest BCUT2D eigenvalue weighted by Crippen LogP contribution is -2.26. The molecule has 0 saturated heterocycles. The zero-order chi connectivity index (χ0) is 15.0. The van der Waals surface area contributed by atoms with Crippen molar-refractivity contribution >= 4 is 17.2 Å². The van der Waals surface area contributed by atoms with Crippen LogP contribution in [0.3, 0.4) is 0 Å². The van der Waals surface area contributed by atoms with Crippen molar-refractivity contribution in [2.75, 3.05) is 13.6 Å². The fourth-order valence-electron chi connectivity index (χ4n) is 2.47. The van der Waals surface area contributed by atoms with E-state index in [4.69, 9.17) is 5.73 Å². The van der Waals surface area contributed by atoms with E-state index >= 15 is 0 Å². The Bertz CT molecular complexity index is 397. The van der Waals surface area contributed by atoms with E-state index in [2.05, 4.69) is 25.3 Å². The molecule has 1 amide bonds. The minimum atomic E-state index is 0.246. The van der Waals surface area contributed by atoms with Gasteiger partial charge in [-0.3, -0.25) is 4.79 Å². The minimum absolute atomic E-state index is 0.246. The van der Waals surface area contributed by atoms with Gasteiger partial charge in [-0.25, -0.2) is 0 Å². The summed E-state index contributed by atoms with van der Waals surface area (Å²) in [5.74, 6) is 0.849. The average molecular weight is 296 g/mol. The van der Waals surface area contributed by atoms with Crippen LogP contribution in [0, 0.1) is 12.8 Å². The standard InChI is InChI=1S/C16H28N2OS/c1-4-5-14(8-10-17)6-7-16(19)18(3)12-15-13(2)9-11-20-15/h9,11,14H,4-8,10,12,17H2,1-3H3. The third-order valence-corrected chi connectivity index (χ3v) is 4.82. The number of hydrogen-bond donors (Lipinski definition) is 1. The van der Waals surface area contributed by atoms with Gasteiger partial charge in [-0.1, -0.05) is 19.8 Å². The molecule has 0 aromatic carbocycles. The van der Waals surface area contributed by atoms with E-state index in [0.29, 0.717) is 12.3 Å². The van der Waals surface area contributed by atoms with Crippen LogP contribution in [0.5, 0.6) is 0 Å². The second-order valence-electron chi connectivity index (χ2n) is 5.55. The maximum absolute atomic E-state index is 12.2. The van der Waals surface area contributed by atoms with Gasteiger partial charge in [0.1, 0.15) is 0 Å². The number of nitrogens with zero attached hydrogens (tertiary/aromatic N) is 1. The zero-order valence-electron chi connectivity index (χ0n) is 13.0. The summed E-state index contributed by atoms with van der Waals surface area (Å²) in [6.07, 6.45) is 5.00. The van der Waals surface area contributed by atoms with Gasteiger partial charge >= 0.3 is 0 Å². The quantitative estimate of drug-likeness (QED) is 0.757. The van der Waals surface area contributed by atoms with Crippen LogP contribution in [0.25, 0.3) is 0 Å². The molecule has 4 heteroatoms. The topological polar surface area (TPSA) is 46.3 Å². The zero-order valence-corrected chi connectivity index (χ0v) is 13.8. The lowest BCUT2D eigenvalue weighted by Gasteiger charge is -2.19. The maximum atomic E-state index is 12.2. The summed E-state index contributed by atoms with van der Waals surface area (Å²) in [7, 11) is 1.90. The second-order valence-corrected chi connectivity index (χ2v) is 6.55. The maximum Gasteiger partial charge on any atom is 0.222 e. The van der Waals surface area contributed by atoms with E-state index < -0.39 is 0 Å². The third kappa shape index (κ3) is 5.63. The molecule has 1 aromatic heterocycles. The third-order valence-electron chi connectivity index (χ3n) is 3.81. The Labute approximate surface area is 127 Å². The minimum Gasteiger partial charge on any atom is -0.341 e. The summed E-state index contributed by atoms with van der Waals surface area (Å²) in [5, 5.41) is 2.08. The molecule has 0 aliphatic carbocycles. The Balaban J connectivity index is 2.39. The van der Waals surface area contributed by atoms with Gasteiger partial charge in [-0.05, 0) is 49.2 Å². The predicted octanol–water partition coefficient (Wildman–Crippen LogP) is 3.56. The summed E-state index contributed by atoms with van der Waals surface area (Å²) >= 11 is 1.73. The molecular formula is C16H28N2OS. The van der Waals surface area contributed by atoms with E-state index in [9.17, 15) is 4.79 Å². The fourth-order valence-corrected chi connectivity index (χ4v) is 3.42. The van der Waals surface area contributed by atoms with Crippen LogP contribution < -0.4 is 5.73 Å². The molecule has 0 saturated carbocycles. The Morgan fingerprint density at radius 3 is 2.70 bits per heavy atom. The molecule has 1 heterocycles. The first kappa shape index (κ1) is 17.2. The summed E-state index contributed by atoms with van der Waals surface area (Å²) < 4.78 is 0. The van der Waals surface area contributed by atoms with Gasteiger partial charge in [0.15, 0.2) is 0 Å². The molecule has 1 unspecified atom stereocenters. The number of thiophene rings is 1. The van der Waals surface area contributed by atoms with Gasteiger partial charge in [-0.2, -0.15) is 0 Å². The number of carbonyl (C=O) groups excluding carboxylic acids is 1. The van der Waals surface area contributed by atoms with Crippen LogP contribution in [0.2, 0.25) is 0 Å². The summed E-state index contributed by atoms with van der Waals surface area (Å²) in [5.41, 5.74) is 6.92. The number of carbonyl (C=O) groups is 1. The molecule has 114 valence electrons. The normalized spacial score (nSPS) is 12.4. The highest BCUT2D eigenvalue weighted by Crippen LogP contribution is 2.20. The number of rotatable bonds is 9. The average Bonchev–Trinajstić information content (AvgIpc) is 2.81. The lowest BCUT2D eigenvalue weighted by molar-refractivity contribution is -0.130. The van der Waals surface area contributed by atoms with Gasteiger partial charge in [0.2, 0.25) is 5.91 Å². The highest BCUT2D eigenvalue weighted by molar-refractivity contribution is 7.10. The Morgan fingerprint density at radius 2 is 2.15 bits per heavy atom. The van der Waals surface area contributed by atoms with E-state index in [1.165, 1.54) is 23.3 Å². The fraction of sp³-hybridized carbons (Fsp3) is 0.688. The van der Waals surface area contributed by atoms with E-state index in [0.717, 1.165) is 25.9 Å². The van der Waals surface area contributed by atoms with Crippen molar-refractivity contribution in [3.8, 4) is 0 Å². The van der Waals surface area contributed by atoms with Gasteiger partial charge in [0.25, 0.3) is 0 Å². The van der Waals surface area contributed by atoms with Gasteiger partial charge < -0.3 is 10.6 Å². The molecule has 1 rings (SSSR count). The largest absolute Gasteiger partial charge is 0.341 e.